The molecular weight excluding hydrogens is 973 g/mol. The van der Waals surface area contributed by atoms with E-state index < -0.39 is 83.2 Å². The number of carbonyl (C=O) groups is 9. The van der Waals surface area contributed by atoms with Gasteiger partial charge in [0.25, 0.3) is 0 Å². The largest absolute Gasteiger partial charge is 0.480 e. The second-order valence-electron chi connectivity index (χ2n) is 20.8. The summed E-state index contributed by atoms with van der Waals surface area (Å²) in [7, 11) is 0. The molecule has 75 heavy (non-hydrogen) atoms. The number of aliphatic hydroxyl groups excluding tert-OH is 1. The first kappa shape index (κ1) is 60.9. The van der Waals surface area contributed by atoms with Crippen molar-refractivity contribution in [3.05, 3.63) is 83.7 Å². The van der Waals surface area contributed by atoms with Crippen molar-refractivity contribution in [2.75, 3.05) is 26.2 Å². The van der Waals surface area contributed by atoms with Gasteiger partial charge >= 0.3 is 5.97 Å². The molecule has 410 valence electrons. The summed E-state index contributed by atoms with van der Waals surface area (Å²) in [5, 5.41) is 27.9. The summed E-state index contributed by atoms with van der Waals surface area (Å²) >= 11 is 0. The number of Topliss-reactive ketones (excluding diaryl/α,β-unsaturated/α-hetero) is 2. The minimum Gasteiger partial charge on any atom is -0.480 e. The number of aliphatic carboxylic acids is 1. The van der Waals surface area contributed by atoms with Gasteiger partial charge < -0.3 is 41.4 Å². The number of hydrogen-bond acceptors (Lipinski definition) is 11. The lowest BCUT2D eigenvalue weighted by molar-refractivity contribution is -0.143. The van der Waals surface area contributed by atoms with Crippen LogP contribution in [0, 0.1) is 28.9 Å². The molecule has 3 aromatic rings. The minimum absolute atomic E-state index is 0.0266. The van der Waals surface area contributed by atoms with Crippen molar-refractivity contribution in [2.24, 2.45) is 23.0 Å². The number of nitrogens with one attached hydrogen (secondary N) is 3. The molecule has 20 heteroatoms. The number of aromatic nitrogens is 1. The van der Waals surface area contributed by atoms with E-state index in [1.54, 1.807) is 26.1 Å². The summed E-state index contributed by atoms with van der Waals surface area (Å²) in [6.45, 7) is 10.4. The monoisotopic (exact) mass is 1050 g/mol. The van der Waals surface area contributed by atoms with Gasteiger partial charge in [0, 0.05) is 93.6 Å². The highest BCUT2D eigenvalue weighted by molar-refractivity contribution is 6.02. The van der Waals surface area contributed by atoms with Crippen LogP contribution in [0.4, 0.5) is 8.78 Å². The molecule has 1 saturated heterocycles. The van der Waals surface area contributed by atoms with Gasteiger partial charge in [0.1, 0.15) is 30.1 Å². The third-order valence-electron chi connectivity index (χ3n) is 13.2. The number of halogens is 2. The molecule has 18 nitrogen and oxygen atoms in total. The van der Waals surface area contributed by atoms with E-state index in [0.717, 1.165) is 23.8 Å². The minimum atomic E-state index is -1.43. The van der Waals surface area contributed by atoms with Crippen LogP contribution >= 0.6 is 0 Å². The van der Waals surface area contributed by atoms with Crippen LogP contribution in [0.15, 0.2) is 60.8 Å². The van der Waals surface area contributed by atoms with E-state index in [4.69, 9.17) is 5.73 Å². The highest BCUT2D eigenvalue weighted by Gasteiger charge is 2.38. The maximum absolute atomic E-state index is 15.1. The number of carbonyl (C=O) groups excluding carboxylic acids is 8. The number of carboxylic acids is 1. The molecule has 0 aliphatic carbocycles. The number of hydrogen-bond donors (Lipinski definition) is 6. The van der Waals surface area contributed by atoms with Crippen LogP contribution in [0.5, 0.6) is 0 Å². The average molecular weight is 1050 g/mol. The van der Waals surface area contributed by atoms with E-state index in [2.05, 4.69) is 16.0 Å². The van der Waals surface area contributed by atoms with Crippen molar-refractivity contribution >= 4 is 53.0 Å². The number of imide groups is 1. The maximum atomic E-state index is 15.1. The zero-order valence-electron chi connectivity index (χ0n) is 44.0. The predicted octanol–water partition coefficient (Wildman–Crippen LogP) is 5.37. The number of benzene rings is 2. The number of nitrogens with zero attached hydrogens (tertiary/aromatic N) is 3. The van der Waals surface area contributed by atoms with Gasteiger partial charge in [-0.2, -0.15) is 0 Å². The molecule has 1 aromatic heterocycles. The molecule has 5 atom stereocenters. The van der Waals surface area contributed by atoms with Gasteiger partial charge in [0.05, 0.1) is 18.1 Å². The van der Waals surface area contributed by atoms with Crippen molar-refractivity contribution in [1.82, 2.24) is 30.3 Å². The lowest BCUT2D eigenvalue weighted by Crippen LogP contribution is -2.47. The molecule has 7 N–H and O–H groups in total. The normalized spacial score (nSPS) is 14.7. The fourth-order valence-electron chi connectivity index (χ4n) is 9.13. The zero-order chi connectivity index (χ0) is 55.6. The average Bonchev–Trinajstić information content (AvgIpc) is 3.91. The summed E-state index contributed by atoms with van der Waals surface area (Å²) in [6, 6.07) is 10.1. The first-order valence-electron chi connectivity index (χ1n) is 25.7. The van der Waals surface area contributed by atoms with Crippen LogP contribution in [-0.2, 0) is 49.7 Å². The second-order valence-corrected chi connectivity index (χ2v) is 20.8. The molecule has 1 aliphatic heterocycles. The molecular formula is C55H75F2N7O11. The zero-order valence-corrected chi connectivity index (χ0v) is 44.0. The van der Waals surface area contributed by atoms with Crippen molar-refractivity contribution in [1.29, 1.82) is 0 Å². The van der Waals surface area contributed by atoms with Crippen molar-refractivity contribution < 1.29 is 62.1 Å². The Morgan fingerprint density at radius 3 is 2.13 bits per heavy atom. The molecule has 0 bridgehead atoms. The molecule has 1 fully saturated rings. The van der Waals surface area contributed by atoms with Gasteiger partial charge in [-0.3, -0.25) is 43.3 Å². The fraction of sp³-hybridized carbons (Fsp3) is 0.545. The predicted molar refractivity (Wildman–Crippen MR) is 275 cm³/mol. The van der Waals surface area contributed by atoms with Crippen LogP contribution in [0.25, 0.3) is 11.1 Å². The van der Waals surface area contributed by atoms with Gasteiger partial charge in [-0.25, -0.2) is 13.6 Å². The molecule has 0 spiro atoms. The second kappa shape index (κ2) is 28.9. The standard InChI is InChI=1S/C55H75F2N7O11/c1-34(2)50(61-46(68)17-11-8-12-26-63-47(69)22-23-48(63)70)45(67)28-35(3)52(72)60-43(54(74)75)21-19-39(66)16-13-25-59-53(73)42(58)24-27-64(49(71)33-65)51(55(4,5)6)44-29-37(40-30-38(56)18-20-41(40)57)32-62(44)31-36-14-9-7-10-15-36/h7,9-10,14-15,18,20,29-30,32,34-35,42-43,50-51,65H,8,11-13,16-17,19,21-28,31,33,58H2,1-6H3,(H,59,73)(H,60,72)(H,61,68)(H,74,75)/t35-,42+,43+,50+,51+/m1/s1. The van der Waals surface area contributed by atoms with Crippen LogP contribution in [0.1, 0.15) is 136 Å². The van der Waals surface area contributed by atoms with Crippen LogP contribution in [0.3, 0.4) is 0 Å². The Balaban J connectivity index is 1.25. The first-order chi connectivity index (χ1) is 35.4. The Kier molecular flexibility index (Phi) is 23.4. The van der Waals surface area contributed by atoms with Crippen molar-refractivity contribution in [2.45, 2.75) is 149 Å². The SMILES string of the molecule is CC(C)[C@H](NC(=O)CCCCCN1C(=O)CCC1=O)C(=O)C[C@@H](C)C(=O)N[C@@H](CCC(=O)CCCNC(=O)[C@@H](N)CCN(C(=O)CO)[C@@H](c1cc(-c2cc(F)ccc2F)cn1Cc1ccccc1)C(C)(C)C)C(=O)O. The van der Waals surface area contributed by atoms with E-state index >= 15 is 4.39 Å². The molecule has 1 aliphatic rings. The highest BCUT2D eigenvalue weighted by atomic mass is 19.1. The van der Waals surface area contributed by atoms with Gasteiger partial charge in [0.2, 0.25) is 35.4 Å². The third kappa shape index (κ3) is 18.6. The summed E-state index contributed by atoms with van der Waals surface area (Å²) in [5.74, 6) is -7.31. The first-order valence-corrected chi connectivity index (χ1v) is 25.7. The van der Waals surface area contributed by atoms with E-state index in [9.17, 15) is 57.8 Å². The summed E-state index contributed by atoms with van der Waals surface area (Å²) in [5.41, 5.74) is 7.50. The van der Waals surface area contributed by atoms with E-state index in [1.807, 2.05) is 55.7 Å². The molecule has 0 radical (unpaired) electrons. The summed E-state index contributed by atoms with van der Waals surface area (Å²) in [6.07, 6.45) is 3.28. The third-order valence-corrected chi connectivity index (χ3v) is 13.2. The molecule has 2 heterocycles. The highest BCUT2D eigenvalue weighted by Crippen LogP contribution is 2.41. The number of nitrogens with two attached hydrogens (primary N) is 1. The molecule has 0 saturated carbocycles. The van der Waals surface area contributed by atoms with E-state index in [-0.39, 0.29) is 106 Å². The number of amides is 6. The number of likely N-dealkylation sites (tertiary alicyclic amines) is 1. The van der Waals surface area contributed by atoms with Gasteiger partial charge in [0.15, 0.2) is 5.78 Å². The maximum Gasteiger partial charge on any atom is 0.326 e. The summed E-state index contributed by atoms with van der Waals surface area (Å²) < 4.78 is 31.4. The Hall–Kier alpha value is -6.67. The lowest BCUT2D eigenvalue weighted by atomic mass is 9.82. The quantitative estimate of drug-likeness (QED) is 0.0351. The van der Waals surface area contributed by atoms with Crippen LogP contribution in [0.2, 0.25) is 0 Å². The van der Waals surface area contributed by atoms with Crippen molar-refractivity contribution in [3.63, 3.8) is 0 Å². The van der Waals surface area contributed by atoms with E-state index in [1.165, 1.54) is 16.7 Å². The smallest absolute Gasteiger partial charge is 0.326 e. The van der Waals surface area contributed by atoms with Crippen molar-refractivity contribution in [3.8, 4) is 11.1 Å². The van der Waals surface area contributed by atoms with Crippen LogP contribution < -0.4 is 21.7 Å². The molecule has 2 aromatic carbocycles. The lowest BCUT2D eigenvalue weighted by Gasteiger charge is -2.41. The van der Waals surface area contributed by atoms with Gasteiger partial charge in [-0.05, 0) is 73.3 Å². The van der Waals surface area contributed by atoms with Gasteiger partial charge in [-0.1, -0.05) is 78.3 Å². The number of rotatable bonds is 31. The molecule has 0 unspecified atom stereocenters. The fourth-order valence-corrected chi connectivity index (χ4v) is 9.13. The van der Waals surface area contributed by atoms with Gasteiger partial charge in [-0.15, -0.1) is 0 Å². The Bertz CT molecular complexity index is 2480. The number of aliphatic hydroxyl groups is 1. The number of carboxylic acid groups (broad SMARTS) is 1. The van der Waals surface area contributed by atoms with Crippen LogP contribution in [-0.4, -0.2) is 122 Å². The number of unbranched alkanes of at least 4 members (excludes halogenated alkanes) is 2. The van der Waals surface area contributed by atoms with E-state index in [0.29, 0.717) is 43.6 Å². The molecule has 6 amide bonds. The topological polar surface area (TPSA) is 268 Å². The summed E-state index contributed by atoms with van der Waals surface area (Å²) in [4.78, 5) is 117. The number of ketones is 2. The Labute approximate surface area is 437 Å². The molecule has 4 rings (SSSR count). The Morgan fingerprint density at radius 1 is 0.827 bits per heavy atom. The Morgan fingerprint density at radius 2 is 1.51 bits per heavy atom.